The predicted molar refractivity (Wildman–Crippen MR) is 83.0 cm³/mol. The van der Waals surface area contributed by atoms with Gasteiger partial charge in [0.1, 0.15) is 0 Å². The summed E-state index contributed by atoms with van der Waals surface area (Å²) >= 11 is 0. The maximum Gasteiger partial charge on any atom is 0.309 e. The Morgan fingerprint density at radius 2 is 1.76 bits per heavy atom. The van der Waals surface area contributed by atoms with Crippen molar-refractivity contribution in [3.05, 3.63) is 71.3 Å². The molecular formula is C19H20O2. The Morgan fingerprint density at radius 1 is 1.00 bits per heavy atom. The molecule has 1 aliphatic rings. The zero-order valence-corrected chi connectivity index (χ0v) is 12.3. The summed E-state index contributed by atoms with van der Waals surface area (Å²) < 4.78 is 5.31. The smallest absolute Gasteiger partial charge is 0.309 e. The van der Waals surface area contributed by atoms with Gasteiger partial charge in [0.15, 0.2) is 0 Å². The summed E-state index contributed by atoms with van der Waals surface area (Å²) in [5, 5.41) is 0. The maximum absolute atomic E-state index is 12.0. The highest BCUT2D eigenvalue weighted by molar-refractivity contribution is 5.75. The minimum atomic E-state index is -0.0440. The number of carbonyl (C=O) groups excluding carboxylic acids is 1. The minimum absolute atomic E-state index is 0.0213. The summed E-state index contributed by atoms with van der Waals surface area (Å²) in [4.78, 5) is 12.0. The Balaban J connectivity index is 1.73. The number of hydrogen-bond donors (Lipinski definition) is 0. The van der Waals surface area contributed by atoms with Crippen molar-refractivity contribution in [3.63, 3.8) is 0 Å². The van der Waals surface area contributed by atoms with Crippen LogP contribution in [0.1, 0.15) is 16.7 Å². The molecule has 0 aromatic heterocycles. The number of carbonyl (C=O) groups is 1. The molecule has 0 saturated carbocycles. The molecule has 108 valence electrons. The number of ether oxygens (including phenoxy) is 1. The zero-order valence-electron chi connectivity index (χ0n) is 12.3. The molecule has 2 atom stereocenters. The summed E-state index contributed by atoms with van der Waals surface area (Å²) in [6.45, 7) is 2.63. The van der Waals surface area contributed by atoms with Crippen molar-refractivity contribution in [2.45, 2.75) is 19.8 Å². The van der Waals surface area contributed by atoms with Gasteiger partial charge in [-0.3, -0.25) is 4.79 Å². The summed E-state index contributed by atoms with van der Waals surface area (Å²) in [6.07, 6.45) is 1.68. The molecule has 0 bridgehead atoms. The molecule has 21 heavy (non-hydrogen) atoms. The summed E-state index contributed by atoms with van der Waals surface area (Å²) in [5.74, 6) is 0.213. The van der Waals surface area contributed by atoms with Gasteiger partial charge in [0, 0.05) is 5.92 Å². The fraction of sp³-hybridized carbons (Fsp3) is 0.316. The number of rotatable bonds is 4. The highest BCUT2D eigenvalue weighted by Crippen LogP contribution is 2.29. The Labute approximate surface area is 125 Å². The molecule has 1 heterocycles. The van der Waals surface area contributed by atoms with Crippen LogP contribution in [0, 0.1) is 18.8 Å². The molecule has 3 rings (SSSR count). The fourth-order valence-electron chi connectivity index (χ4n) is 3.07. The van der Waals surface area contributed by atoms with Crippen molar-refractivity contribution in [1.82, 2.24) is 0 Å². The molecule has 1 aliphatic heterocycles. The first-order valence-electron chi connectivity index (χ1n) is 7.48. The Hall–Kier alpha value is -2.09. The summed E-state index contributed by atoms with van der Waals surface area (Å²) in [6, 6.07) is 18.7. The van der Waals surface area contributed by atoms with Crippen LogP contribution in [0.25, 0.3) is 0 Å². The van der Waals surface area contributed by atoms with Crippen molar-refractivity contribution in [3.8, 4) is 0 Å². The summed E-state index contributed by atoms with van der Waals surface area (Å²) in [5.41, 5.74) is 3.73. The topological polar surface area (TPSA) is 26.3 Å². The molecule has 1 saturated heterocycles. The average molecular weight is 280 g/mol. The van der Waals surface area contributed by atoms with Gasteiger partial charge in [-0.2, -0.15) is 0 Å². The molecule has 0 amide bonds. The van der Waals surface area contributed by atoms with Crippen LogP contribution < -0.4 is 0 Å². The van der Waals surface area contributed by atoms with Gasteiger partial charge in [-0.1, -0.05) is 60.2 Å². The van der Waals surface area contributed by atoms with Crippen molar-refractivity contribution in [2.75, 3.05) is 6.61 Å². The third-order valence-electron chi connectivity index (χ3n) is 4.19. The fourth-order valence-corrected chi connectivity index (χ4v) is 3.07. The lowest BCUT2D eigenvalue weighted by molar-refractivity contribution is -0.141. The SMILES string of the molecule is Cc1cccc(C[C@H]2C(=O)OC[C@@H]2Cc2ccccc2)c1. The van der Waals surface area contributed by atoms with E-state index in [4.69, 9.17) is 4.74 Å². The standard InChI is InChI=1S/C19H20O2/c1-14-6-5-9-16(10-14)12-18-17(13-21-19(18)20)11-15-7-3-2-4-8-15/h2-10,17-18H,11-13H2,1H3/t17-,18+/m0/s1. The second kappa shape index (κ2) is 6.13. The first-order chi connectivity index (χ1) is 10.2. The van der Waals surface area contributed by atoms with Crippen LogP contribution in [0.5, 0.6) is 0 Å². The molecule has 0 aliphatic carbocycles. The van der Waals surface area contributed by atoms with Crippen molar-refractivity contribution >= 4 is 5.97 Å². The largest absolute Gasteiger partial charge is 0.465 e. The molecule has 2 nitrogen and oxygen atoms in total. The quantitative estimate of drug-likeness (QED) is 0.800. The second-order valence-corrected chi connectivity index (χ2v) is 5.88. The van der Waals surface area contributed by atoms with E-state index >= 15 is 0 Å². The highest BCUT2D eigenvalue weighted by Gasteiger charge is 2.36. The molecule has 2 heteroatoms. The monoisotopic (exact) mass is 280 g/mol. The number of aryl methyl sites for hydroxylation is 1. The molecule has 2 aromatic rings. The van der Waals surface area contributed by atoms with Crippen LogP contribution in [0.3, 0.4) is 0 Å². The van der Waals surface area contributed by atoms with Gasteiger partial charge in [-0.05, 0) is 30.9 Å². The second-order valence-electron chi connectivity index (χ2n) is 5.88. The van der Waals surface area contributed by atoms with Gasteiger partial charge in [0.2, 0.25) is 0 Å². The lowest BCUT2D eigenvalue weighted by Gasteiger charge is -2.15. The van der Waals surface area contributed by atoms with Gasteiger partial charge in [-0.15, -0.1) is 0 Å². The van der Waals surface area contributed by atoms with E-state index in [9.17, 15) is 4.79 Å². The van der Waals surface area contributed by atoms with Gasteiger partial charge in [0.05, 0.1) is 12.5 Å². The summed E-state index contributed by atoms with van der Waals surface area (Å²) in [7, 11) is 0. The van der Waals surface area contributed by atoms with Crippen LogP contribution in [-0.2, 0) is 22.4 Å². The van der Waals surface area contributed by atoms with E-state index in [2.05, 4.69) is 43.3 Å². The van der Waals surface area contributed by atoms with Crippen LogP contribution in [0.15, 0.2) is 54.6 Å². The van der Waals surface area contributed by atoms with E-state index in [1.165, 1.54) is 16.7 Å². The lowest BCUT2D eigenvalue weighted by atomic mass is 9.85. The van der Waals surface area contributed by atoms with E-state index < -0.39 is 0 Å². The van der Waals surface area contributed by atoms with Crippen molar-refractivity contribution < 1.29 is 9.53 Å². The number of benzene rings is 2. The molecule has 0 radical (unpaired) electrons. The van der Waals surface area contributed by atoms with Crippen LogP contribution in [-0.4, -0.2) is 12.6 Å². The van der Waals surface area contributed by atoms with E-state index in [0.29, 0.717) is 6.61 Å². The first kappa shape index (κ1) is 13.9. The molecule has 0 unspecified atom stereocenters. The third kappa shape index (κ3) is 3.33. The molecule has 1 fully saturated rings. The maximum atomic E-state index is 12.0. The van der Waals surface area contributed by atoms with E-state index in [1.807, 2.05) is 18.2 Å². The Morgan fingerprint density at radius 3 is 2.52 bits per heavy atom. The van der Waals surface area contributed by atoms with E-state index in [1.54, 1.807) is 0 Å². The van der Waals surface area contributed by atoms with Crippen LogP contribution in [0.4, 0.5) is 0 Å². The molecule has 0 spiro atoms. The number of hydrogen-bond acceptors (Lipinski definition) is 2. The van der Waals surface area contributed by atoms with Crippen LogP contribution >= 0.6 is 0 Å². The molecular weight excluding hydrogens is 260 g/mol. The van der Waals surface area contributed by atoms with Gasteiger partial charge < -0.3 is 4.74 Å². The van der Waals surface area contributed by atoms with Crippen LogP contribution in [0.2, 0.25) is 0 Å². The predicted octanol–water partition coefficient (Wildman–Crippen LogP) is 3.57. The van der Waals surface area contributed by atoms with Gasteiger partial charge >= 0.3 is 5.97 Å². The van der Waals surface area contributed by atoms with E-state index in [0.717, 1.165) is 12.8 Å². The minimum Gasteiger partial charge on any atom is -0.465 e. The van der Waals surface area contributed by atoms with Gasteiger partial charge in [0.25, 0.3) is 0 Å². The third-order valence-corrected chi connectivity index (χ3v) is 4.19. The zero-order chi connectivity index (χ0) is 14.7. The normalized spacial score (nSPS) is 21.3. The molecule has 2 aromatic carbocycles. The highest BCUT2D eigenvalue weighted by atomic mass is 16.5. The lowest BCUT2D eigenvalue weighted by Crippen LogP contribution is -2.20. The first-order valence-corrected chi connectivity index (χ1v) is 7.48. The number of cyclic esters (lactones) is 1. The Bertz CT molecular complexity index is 618. The number of esters is 1. The molecule has 0 N–H and O–H groups in total. The van der Waals surface area contributed by atoms with Crippen molar-refractivity contribution in [2.24, 2.45) is 11.8 Å². The van der Waals surface area contributed by atoms with Gasteiger partial charge in [-0.25, -0.2) is 0 Å². The Kier molecular flexibility index (Phi) is 4.05. The van der Waals surface area contributed by atoms with Crippen molar-refractivity contribution in [1.29, 1.82) is 0 Å². The van der Waals surface area contributed by atoms with E-state index in [-0.39, 0.29) is 17.8 Å². The average Bonchev–Trinajstić information content (AvgIpc) is 2.81.